The van der Waals surface area contributed by atoms with Crippen molar-refractivity contribution in [2.75, 3.05) is 6.54 Å². The third-order valence-electron chi connectivity index (χ3n) is 11.5. The Bertz CT molecular complexity index is 1030. The van der Waals surface area contributed by atoms with Gasteiger partial charge in [0.15, 0.2) is 5.76 Å². The average molecular weight is 436 g/mol. The van der Waals surface area contributed by atoms with Crippen LogP contribution in [0.2, 0.25) is 0 Å². The van der Waals surface area contributed by atoms with Crippen LogP contribution in [0.3, 0.4) is 0 Å². The summed E-state index contributed by atoms with van der Waals surface area (Å²) in [7, 11) is 0. The largest absolute Gasteiger partial charge is 0.504 e. The van der Waals surface area contributed by atoms with Gasteiger partial charge in [0.1, 0.15) is 0 Å². The number of carbonyl (C=O) groups is 1. The first kappa shape index (κ1) is 22.2. The van der Waals surface area contributed by atoms with Crippen molar-refractivity contribution in [2.45, 2.75) is 86.5 Å². The van der Waals surface area contributed by atoms with Gasteiger partial charge in [-0.25, -0.2) is 0 Å². The summed E-state index contributed by atoms with van der Waals surface area (Å²) >= 11 is 0. The highest BCUT2D eigenvalue weighted by Gasteiger charge is 2.66. The van der Waals surface area contributed by atoms with E-state index in [1.54, 1.807) is 6.08 Å². The molecule has 5 aliphatic rings. The zero-order valence-corrected chi connectivity index (χ0v) is 20.9. The number of aliphatic hydroxyl groups excluding tert-OH is 1. The summed E-state index contributed by atoms with van der Waals surface area (Å²) in [6, 6.07) is 0. The molecule has 0 saturated heterocycles. The molecule has 6 atom stereocenters. The molecule has 0 radical (unpaired) electrons. The number of aliphatic hydroxyl groups is 1. The highest BCUT2D eigenvalue weighted by Crippen LogP contribution is 2.75. The lowest BCUT2D eigenvalue weighted by molar-refractivity contribution is -0.160. The van der Waals surface area contributed by atoms with Gasteiger partial charge in [-0.15, -0.1) is 0 Å². The van der Waals surface area contributed by atoms with Crippen LogP contribution in [0, 0.1) is 33.0 Å². The first-order chi connectivity index (χ1) is 14.8. The van der Waals surface area contributed by atoms with E-state index in [9.17, 15) is 9.90 Å². The lowest BCUT2D eigenvalue weighted by Crippen LogP contribution is -2.62. The van der Waals surface area contributed by atoms with Crippen molar-refractivity contribution < 1.29 is 9.90 Å². The maximum Gasteiger partial charge on any atom is 0.220 e. The zero-order chi connectivity index (χ0) is 23.3. The van der Waals surface area contributed by atoms with Crippen LogP contribution in [0.5, 0.6) is 0 Å². The van der Waals surface area contributed by atoms with E-state index < -0.39 is 0 Å². The van der Waals surface area contributed by atoms with E-state index in [1.165, 1.54) is 44.1 Å². The molecule has 0 aromatic heterocycles. The van der Waals surface area contributed by atoms with Gasteiger partial charge in [-0.3, -0.25) is 4.79 Å². The van der Waals surface area contributed by atoms with Gasteiger partial charge in [-0.05, 0) is 103 Å². The number of nitrogens with two attached hydrogens (primary N) is 1. The van der Waals surface area contributed by atoms with E-state index in [0.717, 1.165) is 29.7 Å². The van der Waals surface area contributed by atoms with E-state index in [-0.39, 0.29) is 33.2 Å². The van der Waals surface area contributed by atoms with E-state index in [0.29, 0.717) is 11.3 Å². The van der Waals surface area contributed by atoms with Gasteiger partial charge in [0.05, 0.1) is 0 Å². The van der Waals surface area contributed by atoms with Crippen molar-refractivity contribution in [3.8, 4) is 0 Å². The normalized spacial score (nSPS) is 48.0. The number of hydrogen-bond donors (Lipinski definition) is 2. The lowest BCUT2D eigenvalue weighted by Gasteiger charge is -2.70. The molecule has 5 aliphatic carbocycles. The molecular formula is C29H41NO2. The monoisotopic (exact) mass is 435 g/mol. The number of fused-ring (bicyclic) bond motifs is 7. The second kappa shape index (κ2) is 6.50. The highest BCUT2D eigenvalue weighted by atomic mass is 16.3. The SMILES string of the molecule is CC1=C(O)C(=O)C=C2C1=CC=C1[C@@]2(C)CC[C@@]2(C)[C@@H]3C[C@](C)(CN)CC[C@]3(C)CC[C@]12C. The Hall–Kier alpha value is -1.61. The molecule has 3 heteroatoms. The number of allylic oxidation sites excluding steroid dienone is 7. The average Bonchev–Trinajstić information content (AvgIpc) is 2.76. The van der Waals surface area contributed by atoms with Crippen LogP contribution in [-0.2, 0) is 4.79 Å². The molecule has 3 fully saturated rings. The molecule has 0 aliphatic heterocycles. The van der Waals surface area contributed by atoms with Gasteiger partial charge in [0.2, 0.25) is 5.78 Å². The molecular weight excluding hydrogens is 394 g/mol. The minimum absolute atomic E-state index is 0.0935. The smallest absolute Gasteiger partial charge is 0.220 e. The molecule has 3 nitrogen and oxygen atoms in total. The quantitative estimate of drug-likeness (QED) is 0.489. The third-order valence-corrected chi connectivity index (χ3v) is 11.5. The van der Waals surface area contributed by atoms with Gasteiger partial charge in [-0.1, -0.05) is 52.3 Å². The molecule has 0 aromatic carbocycles. The summed E-state index contributed by atoms with van der Waals surface area (Å²) in [6.45, 7) is 15.1. The third kappa shape index (κ3) is 2.55. The van der Waals surface area contributed by atoms with Gasteiger partial charge in [0, 0.05) is 11.0 Å². The fourth-order valence-corrected chi connectivity index (χ4v) is 8.71. The summed E-state index contributed by atoms with van der Waals surface area (Å²) in [5.74, 6) is 0.335. The second-order valence-electron chi connectivity index (χ2n) is 13.1. The Morgan fingerprint density at radius 2 is 1.69 bits per heavy atom. The van der Waals surface area contributed by atoms with Crippen LogP contribution in [-0.4, -0.2) is 17.4 Å². The molecule has 0 amide bonds. The van der Waals surface area contributed by atoms with Crippen molar-refractivity contribution in [3.05, 3.63) is 46.3 Å². The number of ketones is 1. The van der Waals surface area contributed by atoms with E-state index in [2.05, 4.69) is 46.8 Å². The lowest BCUT2D eigenvalue weighted by atomic mass is 9.34. The predicted molar refractivity (Wildman–Crippen MR) is 130 cm³/mol. The molecule has 174 valence electrons. The topological polar surface area (TPSA) is 63.3 Å². The summed E-state index contributed by atoms with van der Waals surface area (Å²) in [5, 5.41) is 10.3. The van der Waals surface area contributed by atoms with Crippen LogP contribution in [0.1, 0.15) is 86.5 Å². The summed E-state index contributed by atoms with van der Waals surface area (Å²) in [5.41, 5.74) is 11.5. The summed E-state index contributed by atoms with van der Waals surface area (Å²) in [6.07, 6.45) is 14.8. The minimum Gasteiger partial charge on any atom is -0.504 e. The predicted octanol–water partition coefficient (Wildman–Crippen LogP) is 6.57. The van der Waals surface area contributed by atoms with Crippen LogP contribution < -0.4 is 5.73 Å². The van der Waals surface area contributed by atoms with Gasteiger partial charge >= 0.3 is 0 Å². The van der Waals surface area contributed by atoms with E-state index in [1.807, 2.05) is 6.92 Å². The maximum absolute atomic E-state index is 12.6. The van der Waals surface area contributed by atoms with E-state index >= 15 is 0 Å². The molecule has 32 heavy (non-hydrogen) atoms. The van der Waals surface area contributed by atoms with Crippen LogP contribution in [0.4, 0.5) is 0 Å². The Morgan fingerprint density at radius 3 is 2.38 bits per heavy atom. The summed E-state index contributed by atoms with van der Waals surface area (Å²) in [4.78, 5) is 12.6. The van der Waals surface area contributed by atoms with Crippen LogP contribution in [0.15, 0.2) is 46.3 Å². The number of carbonyl (C=O) groups excluding carboxylic acids is 1. The standard InChI is InChI=1S/C29H41NO2/c1-18-19-7-8-22-27(4,20(19)15-21(31)24(18)32)12-14-29(6)23-16-25(2,17-30)9-10-26(23,3)11-13-28(22,29)5/h7-8,15,23,32H,9-14,16-17,30H2,1-6H3/t23-,25-,26-,27+,28-,29+/m1/s1. The minimum atomic E-state index is -0.238. The maximum atomic E-state index is 12.6. The molecule has 0 bridgehead atoms. The molecule has 0 aromatic rings. The van der Waals surface area contributed by atoms with Gasteiger partial charge < -0.3 is 10.8 Å². The molecule has 3 N–H and O–H groups in total. The van der Waals surface area contributed by atoms with Crippen molar-refractivity contribution >= 4 is 5.78 Å². The van der Waals surface area contributed by atoms with E-state index in [4.69, 9.17) is 5.73 Å². The zero-order valence-electron chi connectivity index (χ0n) is 20.9. The molecule has 0 unspecified atom stereocenters. The molecule has 0 spiro atoms. The molecule has 3 saturated carbocycles. The molecule has 5 rings (SSSR count). The number of hydrogen-bond acceptors (Lipinski definition) is 3. The number of rotatable bonds is 1. The van der Waals surface area contributed by atoms with Crippen LogP contribution >= 0.6 is 0 Å². The first-order valence-electron chi connectivity index (χ1n) is 12.6. The van der Waals surface area contributed by atoms with Crippen molar-refractivity contribution in [1.29, 1.82) is 0 Å². The van der Waals surface area contributed by atoms with Crippen molar-refractivity contribution in [3.63, 3.8) is 0 Å². The summed E-state index contributed by atoms with van der Waals surface area (Å²) < 4.78 is 0. The molecule has 0 heterocycles. The Balaban J connectivity index is 1.64. The Labute approximate surface area is 193 Å². The van der Waals surface area contributed by atoms with Crippen molar-refractivity contribution in [2.24, 2.45) is 38.7 Å². The van der Waals surface area contributed by atoms with Crippen LogP contribution in [0.25, 0.3) is 0 Å². The Kier molecular flexibility index (Phi) is 4.51. The first-order valence-corrected chi connectivity index (χ1v) is 12.6. The van der Waals surface area contributed by atoms with Crippen molar-refractivity contribution in [1.82, 2.24) is 0 Å². The fraction of sp³-hybridized carbons (Fsp3) is 0.690. The Morgan fingerprint density at radius 1 is 1.00 bits per heavy atom. The van der Waals surface area contributed by atoms with Gasteiger partial charge in [0.25, 0.3) is 0 Å². The highest BCUT2D eigenvalue weighted by molar-refractivity contribution is 6.06. The van der Waals surface area contributed by atoms with Gasteiger partial charge in [-0.2, -0.15) is 0 Å². The fourth-order valence-electron chi connectivity index (χ4n) is 8.71. The second-order valence-corrected chi connectivity index (χ2v) is 13.1.